The van der Waals surface area contributed by atoms with Crippen LogP contribution in [0.5, 0.6) is 0 Å². The van der Waals surface area contributed by atoms with E-state index < -0.39 is 5.60 Å². The number of methoxy groups -OCH3 is 1. The van der Waals surface area contributed by atoms with Crippen LogP contribution in [0.25, 0.3) is 0 Å². The van der Waals surface area contributed by atoms with E-state index >= 15 is 0 Å². The fraction of sp³-hybridized carbons (Fsp3) is 0.688. The fourth-order valence-corrected chi connectivity index (χ4v) is 2.41. The molecule has 2 heterocycles. The number of nitrogens with one attached hydrogen (secondary N) is 1. The molecule has 0 aromatic carbocycles. The molecule has 8 nitrogen and oxygen atoms in total. The highest BCUT2D eigenvalue weighted by atomic mass is 16.5. The monoisotopic (exact) mass is 338 g/mol. The van der Waals surface area contributed by atoms with Crippen molar-refractivity contribution in [3.8, 4) is 0 Å². The Hall–Kier alpha value is -1.93. The van der Waals surface area contributed by atoms with Gasteiger partial charge in [-0.05, 0) is 20.3 Å². The minimum absolute atomic E-state index is 0.00577. The Morgan fingerprint density at radius 3 is 2.96 bits per heavy atom. The van der Waals surface area contributed by atoms with Crippen molar-refractivity contribution in [2.24, 2.45) is 7.05 Å². The van der Waals surface area contributed by atoms with Crippen molar-refractivity contribution in [3.63, 3.8) is 0 Å². The lowest BCUT2D eigenvalue weighted by Crippen LogP contribution is -2.47. The number of nitrogens with zero attached hydrogens (tertiary/aromatic N) is 3. The minimum Gasteiger partial charge on any atom is -0.374 e. The topological polar surface area (TPSA) is 85.7 Å². The maximum atomic E-state index is 12.0. The van der Waals surface area contributed by atoms with E-state index in [9.17, 15) is 9.59 Å². The highest BCUT2D eigenvalue weighted by molar-refractivity contribution is 5.84. The zero-order chi connectivity index (χ0) is 17.7. The summed E-state index contributed by atoms with van der Waals surface area (Å²) < 4.78 is 12.2. The van der Waals surface area contributed by atoms with Crippen LogP contribution in [-0.2, 0) is 21.3 Å². The Labute approximate surface area is 141 Å². The number of anilines is 1. The number of rotatable bonds is 6. The van der Waals surface area contributed by atoms with Crippen LogP contribution >= 0.6 is 0 Å². The zero-order valence-electron chi connectivity index (χ0n) is 14.7. The normalized spacial score (nSPS) is 18.5. The van der Waals surface area contributed by atoms with E-state index in [0.29, 0.717) is 32.7 Å². The molecular weight excluding hydrogens is 312 g/mol. The van der Waals surface area contributed by atoms with Crippen molar-refractivity contribution in [2.45, 2.75) is 32.0 Å². The highest BCUT2D eigenvalue weighted by Gasteiger charge is 2.27. The number of amides is 1. The van der Waals surface area contributed by atoms with Gasteiger partial charge >= 0.3 is 0 Å². The maximum absolute atomic E-state index is 12.0. The third-order valence-electron chi connectivity index (χ3n) is 4.27. The molecule has 0 spiro atoms. The van der Waals surface area contributed by atoms with Gasteiger partial charge in [0, 0.05) is 39.9 Å². The summed E-state index contributed by atoms with van der Waals surface area (Å²) >= 11 is 0. The molecule has 0 aliphatic carbocycles. The Morgan fingerprint density at radius 2 is 2.29 bits per heavy atom. The predicted octanol–water partition coefficient (Wildman–Crippen LogP) is -0.0832. The van der Waals surface area contributed by atoms with E-state index in [2.05, 4.69) is 15.3 Å². The average molecular weight is 338 g/mol. The maximum Gasteiger partial charge on any atom is 0.268 e. The first-order valence-electron chi connectivity index (χ1n) is 8.07. The predicted molar refractivity (Wildman–Crippen MR) is 90.1 cm³/mol. The molecule has 1 aliphatic rings. The summed E-state index contributed by atoms with van der Waals surface area (Å²) in [6.45, 7) is 5.93. The largest absolute Gasteiger partial charge is 0.374 e. The summed E-state index contributed by atoms with van der Waals surface area (Å²) in [5.41, 5.74) is -0.171. The molecule has 0 saturated carbocycles. The van der Waals surface area contributed by atoms with Gasteiger partial charge in [-0.15, -0.1) is 0 Å². The van der Waals surface area contributed by atoms with Crippen LogP contribution in [0.1, 0.15) is 20.3 Å². The third-order valence-corrected chi connectivity index (χ3v) is 4.27. The fourth-order valence-electron chi connectivity index (χ4n) is 2.41. The lowest BCUT2D eigenvalue weighted by atomic mass is 10.1. The number of aromatic nitrogens is 2. The molecule has 1 aromatic heterocycles. The van der Waals surface area contributed by atoms with Crippen LogP contribution in [0, 0.1) is 0 Å². The number of carbonyl (C=O) groups excluding carboxylic acids is 1. The molecule has 1 aromatic rings. The van der Waals surface area contributed by atoms with Gasteiger partial charge in [-0.1, -0.05) is 0 Å². The molecule has 24 heavy (non-hydrogen) atoms. The van der Waals surface area contributed by atoms with Crippen molar-refractivity contribution in [2.75, 3.05) is 38.3 Å². The molecule has 134 valence electrons. The SMILES string of the molecule is COC(C)(C)C(=O)NCCC1CN(c2cnn(C)c(=O)c2)CCO1. The lowest BCUT2D eigenvalue weighted by Gasteiger charge is -2.34. The second-order valence-electron chi connectivity index (χ2n) is 6.37. The molecule has 8 heteroatoms. The average Bonchev–Trinajstić information content (AvgIpc) is 2.57. The molecule has 2 rings (SSSR count). The van der Waals surface area contributed by atoms with Crippen LogP contribution in [0.3, 0.4) is 0 Å². The van der Waals surface area contributed by atoms with Gasteiger partial charge in [-0.2, -0.15) is 5.10 Å². The van der Waals surface area contributed by atoms with Crippen LogP contribution in [0.2, 0.25) is 0 Å². The van der Waals surface area contributed by atoms with Gasteiger partial charge in [0.05, 0.1) is 24.6 Å². The first kappa shape index (κ1) is 18.4. The van der Waals surface area contributed by atoms with Gasteiger partial charge in [0.1, 0.15) is 5.60 Å². The van der Waals surface area contributed by atoms with Crippen molar-refractivity contribution < 1.29 is 14.3 Å². The van der Waals surface area contributed by atoms with Crippen molar-refractivity contribution in [3.05, 3.63) is 22.6 Å². The Balaban J connectivity index is 1.86. The van der Waals surface area contributed by atoms with Crippen LogP contribution in [0.4, 0.5) is 5.69 Å². The first-order chi connectivity index (χ1) is 11.3. The van der Waals surface area contributed by atoms with Gasteiger partial charge in [0.25, 0.3) is 11.5 Å². The lowest BCUT2D eigenvalue weighted by molar-refractivity contribution is -0.139. The second-order valence-corrected chi connectivity index (χ2v) is 6.37. The molecule has 1 N–H and O–H groups in total. The number of hydrogen-bond donors (Lipinski definition) is 1. The van der Waals surface area contributed by atoms with E-state index in [1.807, 2.05) is 0 Å². The number of carbonyl (C=O) groups is 1. The van der Waals surface area contributed by atoms with Gasteiger partial charge < -0.3 is 19.7 Å². The van der Waals surface area contributed by atoms with Gasteiger partial charge in [0.15, 0.2) is 0 Å². The minimum atomic E-state index is -0.838. The van der Waals surface area contributed by atoms with Crippen molar-refractivity contribution >= 4 is 11.6 Å². The second kappa shape index (κ2) is 7.76. The quantitative estimate of drug-likeness (QED) is 0.781. The van der Waals surface area contributed by atoms with E-state index in [1.54, 1.807) is 33.2 Å². The summed E-state index contributed by atoms with van der Waals surface area (Å²) in [5, 5.41) is 6.92. The van der Waals surface area contributed by atoms with Gasteiger partial charge in [0.2, 0.25) is 0 Å². The van der Waals surface area contributed by atoms with Crippen LogP contribution in [-0.4, -0.2) is 60.7 Å². The number of aryl methyl sites for hydroxylation is 1. The molecular formula is C16H26N4O4. The molecule has 1 fully saturated rings. The summed E-state index contributed by atoms with van der Waals surface area (Å²) in [7, 11) is 3.14. The van der Waals surface area contributed by atoms with Crippen molar-refractivity contribution in [1.29, 1.82) is 0 Å². The number of ether oxygens (including phenoxy) is 2. The molecule has 1 amide bonds. The van der Waals surface area contributed by atoms with E-state index in [1.165, 1.54) is 11.8 Å². The van der Waals surface area contributed by atoms with E-state index in [-0.39, 0.29) is 17.6 Å². The van der Waals surface area contributed by atoms with Crippen LogP contribution < -0.4 is 15.8 Å². The summed E-state index contributed by atoms with van der Waals surface area (Å²) in [6.07, 6.45) is 2.38. The van der Waals surface area contributed by atoms with E-state index in [4.69, 9.17) is 9.47 Å². The summed E-state index contributed by atoms with van der Waals surface area (Å²) in [4.78, 5) is 25.8. The van der Waals surface area contributed by atoms with Crippen molar-refractivity contribution in [1.82, 2.24) is 15.1 Å². The molecule has 0 radical (unpaired) electrons. The zero-order valence-corrected chi connectivity index (χ0v) is 14.7. The molecule has 1 unspecified atom stereocenters. The number of morpholine rings is 1. The van der Waals surface area contributed by atoms with Crippen LogP contribution in [0.15, 0.2) is 17.1 Å². The third kappa shape index (κ3) is 4.55. The van der Waals surface area contributed by atoms with Gasteiger partial charge in [-0.25, -0.2) is 4.68 Å². The van der Waals surface area contributed by atoms with Gasteiger partial charge in [-0.3, -0.25) is 9.59 Å². The summed E-state index contributed by atoms with van der Waals surface area (Å²) in [6, 6.07) is 1.58. The molecule has 1 saturated heterocycles. The Kier molecular flexibility index (Phi) is 5.95. The molecule has 1 atom stereocenters. The highest BCUT2D eigenvalue weighted by Crippen LogP contribution is 2.16. The molecule has 1 aliphatic heterocycles. The smallest absolute Gasteiger partial charge is 0.268 e. The standard InChI is InChI=1S/C16H26N4O4/c1-16(2,23-4)15(22)17-6-5-13-11-20(7-8-24-13)12-9-14(21)19(3)18-10-12/h9-10,13H,5-8,11H2,1-4H3,(H,17,22). The molecule has 0 bridgehead atoms. The Morgan fingerprint density at radius 1 is 1.54 bits per heavy atom. The summed E-state index contributed by atoms with van der Waals surface area (Å²) in [5.74, 6) is -0.145. The Bertz CT molecular complexity index is 629. The number of hydrogen-bond acceptors (Lipinski definition) is 6. The first-order valence-corrected chi connectivity index (χ1v) is 8.07. The van der Waals surface area contributed by atoms with E-state index in [0.717, 1.165) is 5.69 Å².